The molecule has 0 radical (unpaired) electrons. The Balaban J connectivity index is 2.12. The summed E-state index contributed by atoms with van der Waals surface area (Å²) in [4.78, 5) is 0. The van der Waals surface area contributed by atoms with Gasteiger partial charge in [-0.2, -0.15) is 0 Å². The number of benzene rings is 2. The third kappa shape index (κ3) is 3.66. The van der Waals surface area contributed by atoms with Gasteiger partial charge in [0.1, 0.15) is 24.0 Å². The highest BCUT2D eigenvalue weighted by Gasteiger charge is 2.05. The van der Waals surface area contributed by atoms with E-state index in [2.05, 4.69) is 0 Å². The minimum Gasteiger partial charge on any atom is -0.487 e. The zero-order chi connectivity index (χ0) is 13.8. The van der Waals surface area contributed by atoms with Crippen LogP contribution in [0.15, 0.2) is 36.4 Å². The summed E-state index contributed by atoms with van der Waals surface area (Å²) >= 11 is 5.83. The average molecular weight is 284 g/mol. The number of hydrogen-bond donors (Lipinski definition) is 1. The Morgan fingerprint density at radius 1 is 1.00 bits per heavy atom. The van der Waals surface area contributed by atoms with Gasteiger partial charge in [-0.1, -0.05) is 17.7 Å². The second-order valence-electron chi connectivity index (χ2n) is 4.04. The molecule has 0 aliphatic rings. The highest BCUT2D eigenvalue weighted by atomic mass is 35.5. The molecule has 0 atom stereocenters. The van der Waals surface area contributed by atoms with E-state index >= 15 is 0 Å². The standard InChI is InChI=1S/C14H12ClF2NO/c15-13-6-11(16)1-2-14(13)19-8-10-3-9(7-18)4-12(17)5-10/h1-6H,7-8,18H2. The van der Waals surface area contributed by atoms with Crippen LogP contribution < -0.4 is 10.5 Å². The monoisotopic (exact) mass is 283 g/mol. The van der Waals surface area contributed by atoms with Gasteiger partial charge in [-0.25, -0.2) is 8.78 Å². The van der Waals surface area contributed by atoms with E-state index in [0.29, 0.717) is 16.9 Å². The summed E-state index contributed by atoms with van der Waals surface area (Å²) in [5.41, 5.74) is 6.79. The van der Waals surface area contributed by atoms with Crippen LogP contribution >= 0.6 is 11.6 Å². The van der Waals surface area contributed by atoms with E-state index in [1.165, 1.54) is 24.3 Å². The summed E-state index contributed by atoms with van der Waals surface area (Å²) in [6.07, 6.45) is 0. The smallest absolute Gasteiger partial charge is 0.138 e. The molecule has 0 saturated carbocycles. The number of rotatable bonds is 4. The van der Waals surface area contributed by atoms with Crippen molar-refractivity contribution >= 4 is 11.6 Å². The fourth-order valence-corrected chi connectivity index (χ4v) is 1.89. The number of ether oxygens (including phenoxy) is 1. The van der Waals surface area contributed by atoms with Crippen LogP contribution in [-0.2, 0) is 13.2 Å². The Hall–Kier alpha value is -1.65. The van der Waals surface area contributed by atoms with Gasteiger partial charge in [0.15, 0.2) is 0 Å². The molecule has 0 aromatic heterocycles. The second-order valence-corrected chi connectivity index (χ2v) is 4.44. The summed E-state index contributed by atoms with van der Waals surface area (Å²) in [5, 5.41) is 0.176. The van der Waals surface area contributed by atoms with Crippen molar-refractivity contribution in [3.63, 3.8) is 0 Å². The summed E-state index contributed by atoms with van der Waals surface area (Å²) in [5.74, 6) is -0.457. The number of hydrogen-bond acceptors (Lipinski definition) is 2. The van der Waals surface area contributed by atoms with Gasteiger partial charge in [0.25, 0.3) is 0 Å². The van der Waals surface area contributed by atoms with E-state index in [9.17, 15) is 8.78 Å². The highest BCUT2D eigenvalue weighted by molar-refractivity contribution is 6.32. The molecule has 2 aromatic carbocycles. The van der Waals surface area contributed by atoms with Gasteiger partial charge in [0.05, 0.1) is 5.02 Å². The second kappa shape index (κ2) is 5.99. The molecule has 0 bridgehead atoms. The normalized spacial score (nSPS) is 10.5. The van der Waals surface area contributed by atoms with Crippen molar-refractivity contribution in [1.82, 2.24) is 0 Å². The minimum absolute atomic E-state index is 0.135. The first-order chi connectivity index (χ1) is 9.08. The van der Waals surface area contributed by atoms with E-state index in [1.807, 2.05) is 0 Å². The van der Waals surface area contributed by atoms with Crippen LogP contribution in [0.1, 0.15) is 11.1 Å². The van der Waals surface area contributed by atoms with Gasteiger partial charge in [0.2, 0.25) is 0 Å². The average Bonchev–Trinajstić information content (AvgIpc) is 2.37. The Morgan fingerprint density at radius 3 is 2.42 bits per heavy atom. The summed E-state index contributed by atoms with van der Waals surface area (Å²) in [6, 6.07) is 8.32. The fraction of sp³-hybridized carbons (Fsp3) is 0.143. The molecule has 100 valence electrons. The number of nitrogens with two attached hydrogens (primary N) is 1. The van der Waals surface area contributed by atoms with Crippen LogP contribution in [0.2, 0.25) is 5.02 Å². The van der Waals surface area contributed by atoms with Crippen LogP contribution in [0.3, 0.4) is 0 Å². The maximum atomic E-state index is 13.3. The Kier molecular flexibility index (Phi) is 4.35. The maximum Gasteiger partial charge on any atom is 0.138 e. The Morgan fingerprint density at radius 2 is 1.74 bits per heavy atom. The van der Waals surface area contributed by atoms with Gasteiger partial charge >= 0.3 is 0 Å². The molecule has 0 aliphatic carbocycles. The molecule has 2 rings (SSSR count). The van der Waals surface area contributed by atoms with Gasteiger partial charge < -0.3 is 10.5 Å². The zero-order valence-corrected chi connectivity index (χ0v) is 10.8. The molecule has 0 fully saturated rings. The first kappa shape index (κ1) is 13.8. The topological polar surface area (TPSA) is 35.2 Å². The molecule has 2 nitrogen and oxygen atoms in total. The molecule has 5 heteroatoms. The van der Waals surface area contributed by atoms with Crippen molar-refractivity contribution in [2.24, 2.45) is 5.73 Å². The lowest BCUT2D eigenvalue weighted by molar-refractivity contribution is 0.305. The van der Waals surface area contributed by atoms with Crippen molar-refractivity contribution in [3.05, 3.63) is 64.2 Å². The quantitative estimate of drug-likeness (QED) is 0.929. The Bertz CT molecular complexity index is 590. The molecular formula is C14H12ClF2NO. The SMILES string of the molecule is NCc1cc(F)cc(COc2ccc(F)cc2Cl)c1. The van der Waals surface area contributed by atoms with Crippen LogP contribution in [0.25, 0.3) is 0 Å². The van der Waals surface area contributed by atoms with Crippen molar-refractivity contribution < 1.29 is 13.5 Å². The van der Waals surface area contributed by atoms with E-state index in [0.717, 1.165) is 6.07 Å². The lowest BCUT2D eigenvalue weighted by Crippen LogP contribution is -2.01. The molecule has 0 heterocycles. The third-order valence-corrected chi connectivity index (χ3v) is 2.84. The van der Waals surface area contributed by atoms with E-state index in [4.69, 9.17) is 22.1 Å². The maximum absolute atomic E-state index is 13.3. The lowest BCUT2D eigenvalue weighted by Gasteiger charge is -2.09. The molecule has 2 aromatic rings. The van der Waals surface area contributed by atoms with Gasteiger partial charge in [0, 0.05) is 6.54 Å². The minimum atomic E-state index is -0.437. The van der Waals surface area contributed by atoms with Crippen LogP contribution in [-0.4, -0.2) is 0 Å². The largest absolute Gasteiger partial charge is 0.487 e. The van der Waals surface area contributed by atoms with Crippen molar-refractivity contribution in [2.75, 3.05) is 0 Å². The molecule has 0 spiro atoms. The fourth-order valence-electron chi connectivity index (χ4n) is 1.67. The molecule has 0 aliphatic heterocycles. The van der Waals surface area contributed by atoms with Gasteiger partial charge in [-0.05, 0) is 41.5 Å². The molecule has 0 saturated heterocycles. The predicted molar refractivity (Wildman–Crippen MR) is 70.0 cm³/mol. The van der Waals surface area contributed by atoms with E-state index in [-0.39, 0.29) is 24.0 Å². The van der Waals surface area contributed by atoms with Crippen LogP contribution in [0.5, 0.6) is 5.75 Å². The predicted octanol–water partition coefficient (Wildman–Crippen LogP) is 3.66. The van der Waals surface area contributed by atoms with Gasteiger partial charge in [-0.15, -0.1) is 0 Å². The molecule has 19 heavy (non-hydrogen) atoms. The van der Waals surface area contributed by atoms with Crippen molar-refractivity contribution in [3.8, 4) is 5.75 Å². The van der Waals surface area contributed by atoms with Crippen molar-refractivity contribution in [2.45, 2.75) is 13.2 Å². The lowest BCUT2D eigenvalue weighted by atomic mass is 10.1. The number of halogens is 3. The Labute approximate surface area is 114 Å². The van der Waals surface area contributed by atoms with Crippen LogP contribution in [0.4, 0.5) is 8.78 Å². The first-order valence-corrected chi connectivity index (χ1v) is 6.02. The molecule has 0 unspecified atom stereocenters. The zero-order valence-electron chi connectivity index (χ0n) is 10.00. The summed E-state index contributed by atoms with van der Waals surface area (Å²) in [7, 11) is 0. The third-order valence-electron chi connectivity index (χ3n) is 2.54. The molecular weight excluding hydrogens is 272 g/mol. The van der Waals surface area contributed by atoms with Gasteiger partial charge in [-0.3, -0.25) is 0 Å². The summed E-state index contributed by atoms with van der Waals surface area (Å²) in [6.45, 7) is 0.387. The van der Waals surface area contributed by atoms with E-state index in [1.54, 1.807) is 6.07 Å². The highest BCUT2D eigenvalue weighted by Crippen LogP contribution is 2.25. The van der Waals surface area contributed by atoms with E-state index < -0.39 is 5.82 Å². The summed E-state index contributed by atoms with van der Waals surface area (Å²) < 4.78 is 31.6. The molecule has 2 N–H and O–H groups in total. The van der Waals surface area contributed by atoms with Crippen molar-refractivity contribution in [1.29, 1.82) is 0 Å². The van der Waals surface area contributed by atoms with Crippen LogP contribution in [0, 0.1) is 11.6 Å². The molecule has 0 amide bonds. The first-order valence-electron chi connectivity index (χ1n) is 5.65.